The molecule has 2 N–H and O–H groups in total. The van der Waals surface area contributed by atoms with Crippen molar-refractivity contribution < 1.29 is 4.39 Å². The molecule has 19 heavy (non-hydrogen) atoms. The highest BCUT2D eigenvalue weighted by atomic mass is 19.1. The molecule has 3 heteroatoms. The SMILES string of the molecule is Cc1cccc(CN(C)Cc2cc(N)cc(F)c2)c1. The predicted octanol–water partition coefficient (Wildman–Crippen LogP) is 3.35. The van der Waals surface area contributed by atoms with Crippen molar-refractivity contribution in [3.05, 3.63) is 65.0 Å². The van der Waals surface area contributed by atoms with Gasteiger partial charge in [0.05, 0.1) is 0 Å². The number of nitrogens with zero attached hydrogens (tertiary/aromatic N) is 1. The molecule has 0 aromatic heterocycles. The lowest BCUT2D eigenvalue weighted by atomic mass is 10.1. The number of nitrogen functional groups attached to an aromatic ring is 1. The molecule has 0 amide bonds. The first-order valence-corrected chi connectivity index (χ1v) is 6.32. The Kier molecular flexibility index (Phi) is 4.17. The zero-order chi connectivity index (χ0) is 13.8. The second-order valence-electron chi connectivity index (χ2n) is 5.05. The maximum Gasteiger partial charge on any atom is 0.125 e. The third-order valence-electron chi connectivity index (χ3n) is 2.97. The number of benzene rings is 2. The van der Waals surface area contributed by atoms with Crippen molar-refractivity contribution in [2.75, 3.05) is 12.8 Å². The molecule has 100 valence electrons. The van der Waals surface area contributed by atoms with E-state index in [9.17, 15) is 4.39 Å². The second-order valence-corrected chi connectivity index (χ2v) is 5.05. The fourth-order valence-corrected chi connectivity index (χ4v) is 2.26. The quantitative estimate of drug-likeness (QED) is 0.852. The van der Waals surface area contributed by atoms with Gasteiger partial charge >= 0.3 is 0 Å². The maximum atomic E-state index is 13.3. The third-order valence-corrected chi connectivity index (χ3v) is 2.97. The zero-order valence-corrected chi connectivity index (χ0v) is 11.4. The molecule has 0 aliphatic rings. The summed E-state index contributed by atoms with van der Waals surface area (Å²) in [5, 5.41) is 0. The van der Waals surface area contributed by atoms with Crippen molar-refractivity contribution in [2.24, 2.45) is 0 Å². The van der Waals surface area contributed by atoms with Crippen LogP contribution in [-0.4, -0.2) is 11.9 Å². The van der Waals surface area contributed by atoms with Gasteiger partial charge < -0.3 is 5.73 Å². The lowest BCUT2D eigenvalue weighted by Crippen LogP contribution is -2.17. The van der Waals surface area contributed by atoms with E-state index in [0.29, 0.717) is 12.2 Å². The Balaban J connectivity index is 2.03. The maximum absolute atomic E-state index is 13.3. The van der Waals surface area contributed by atoms with Gasteiger partial charge in [0, 0.05) is 18.8 Å². The van der Waals surface area contributed by atoms with E-state index >= 15 is 0 Å². The van der Waals surface area contributed by atoms with Crippen molar-refractivity contribution in [3.8, 4) is 0 Å². The molecule has 2 aromatic rings. The highest BCUT2D eigenvalue weighted by molar-refractivity contribution is 5.41. The molecule has 0 fully saturated rings. The summed E-state index contributed by atoms with van der Waals surface area (Å²) in [6.07, 6.45) is 0. The van der Waals surface area contributed by atoms with Crippen LogP contribution < -0.4 is 5.73 Å². The average molecular weight is 258 g/mol. The highest BCUT2D eigenvalue weighted by Crippen LogP contribution is 2.14. The summed E-state index contributed by atoms with van der Waals surface area (Å²) in [4.78, 5) is 2.14. The average Bonchev–Trinajstić information content (AvgIpc) is 2.26. The number of hydrogen-bond acceptors (Lipinski definition) is 2. The summed E-state index contributed by atoms with van der Waals surface area (Å²) in [6, 6.07) is 13.1. The van der Waals surface area contributed by atoms with Gasteiger partial charge in [-0.05, 0) is 43.3 Å². The van der Waals surface area contributed by atoms with Crippen LogP contribution in [0.5, 0.6) is 0 Å². The van der Waals surface area contributed by atoms with Crippen LogP contribution in [0.3, 0.4) is 0 Å². The third kappa shape index (κ3) is 4.07. The van der Waals surface area contributed by atoms with Crippen LogP contribution in [0.2, 0.25) is 0 Å². The minimum Gasteiger partial charge on any atom is -0.399 e. The van der Waals surface area contributed by atoms with E-state index in [-0.39, 0.29) is 5.82 Å². The number of rotatable bonds is 4. The number of halogens is 1. The molecule has 0 bridgehead atoms. The zero-order valence-electron chi connectivity index (χ0n) is 11.4. The first-order valence-electron chi connectivity index (χ1n) is 6.32. The van der Waals surface area contributed by atoms with Crippen molar-refractivity contribution in [1.82, 2.24) is 4.90 Å². The number of hydrogen-bond donors (Lipinski definition) is 1. The van der Waals surface area contributed by atoms with E-state index in [0.717, 1.165) is 12.1 Å². The van der Waals surface area contributed by atoms with Gasteiger partial charge in [-0.2, -0.15) is 0 Å². The van der Waals surface area contributed by atoms with Crippen LogP contribution in [0.1, 0.15) is 16.7 Å². The van der Waals surface area contributed by atoms with Crippen LogP contribution in [0, 0.1) is 12.7 Å². The van der Waals surface area contributed by atoms with Gasteiger partial charge in [-0.25, -0.2) is 4.39 Å². The van der Waals surface area contributed by atoms with E-state index in [1.807, 2.05) is 13.1 Å². The largest absolute Gasteiger partial charge is 0.399 e. The molecule has 0 atom stereocenters. The molecule has 0 unspecified atom stereocenters. The molecule has 0 saturated heterocycles. The molecular formula is C16H19FN2. The van der Waals surface area contributed by atoms with E-state index in [2.05, 4.69) is 36.1 Å². The van der Waals surface area contributed by atoms with Crippen molar-refractivity contribution in [3.63, 3.8) is 0 Å². The summed E-state index contributed by atoms with van der Waals surface area (Å²) in [5.41, 5.74) is 9.52. The molecule has 0 radical (unpaired) electrons. The fraction of sp³-hybridized carbons (Fsp3) is 0.250. The highest BCUT2D eigenvalue weighted by Gasteiger charge is 2.04. The minimum absolute atomic E-state index is 0.279. The van der Waals surface area contributed by atoms with Gasteiger partial charge in [-0.1, -0.05) is 29.8 Å². The molecular weight excluding hydrogens is 239 g/mol. The predicted molar refractivity (Wildman–Crippen MR) is 77.2 cm³/mol. The van der Waals surface area contributed by atoms with E-state index in [4.69, 9.17) is 5.73 Å². The fourth-order valence-electron chi connectivity index (χ4n) is 2.26. The second kappa shape index (κ2) is 5.85. The Labute approximate surface area is 113 Å². The topological polar surface area (TPSA) is 29.3 Å². The van der Waals surface area contributed by atoms with Crippen LogP contribution in [0.25, 0.3) is 0 Å². The van der Waals surface area contributed by atoms with Crippen LogP contribution in [0.15, 0.2) is 42.5 Å². The summed E-state index contributed by atoms with van der Waals surface area (Å²) in [6.45, 7) is 3.59. The van der Waals surface area contributed by atoms with Gasteiger partial charge in [0.2, 0.25) is 0 Å². The van der Waals surface area contributed by atoms with Crippen molar-refractivity contribution >= 4 is 5.69 Å². The Bertz CT molecular complexity index is 546. The Hall–Kier alpha value is -1.87. The molecule has 0 spiro atoms. The summed E-state index contributed by atoms with van der Waals surface area (Å²) >= 11 is 0. The molecule has 2 rings (SSSR count). The van der Waals surface area contributed by atoms with Crippen molar-refractivity contribution in [2.45, 2.75) is 20.0 Å². The Morgan fingerprint density at radius 3 is 2.47 bits per heavy atom. The molecule has 0 aliphatic carbocycles. The van der Waals surface area contributed by atoms with E-state index < -0.39 is 0 Å². The van der Waals surface area contributed by atoms with Gasteiger partial charge in [0.15, 0.2) is 0 Å². The standard InChI is InChI=1S/C16H19FN2/c1-12-4-3-5-13(6-12)10-19(2)11-14-7-15(17)9-16(18)8-14/h3-9H,10-11,18H2,1-2H3. The van der Waals surface area contributed by atoms with Crippen LogP contribution >= 0.6 is 0 Å². The molecule has 0 heterocycles. The first-order chi connectivity index (χ1) is 9.02. The van der Waals surface area contributed by atoms with Gasteiger partial charge in [-0.3, -0.25) is 4.90 Å². The summed E-state index contributed by atoms with van der Waals surface area (Å²) in [7, 11) is 2.02. The number of nitrogens with two attached hydrogens (primary N) is 1. The smallest absolute Gasteiger partial charge is 0.125 e. The van der Waals surface area contributed by atoms with Gasteiger partial charge in [0.25, 0.3) is 0 Å². The van der Waals surface area contributed by atoms with Crippen LogP contribution in [-0.2, 0) is 13.1 Å². The van der Waals surface area contributed by atoms with Gasteiger partial charge in [-0.15, -0.1) is 0 Å². The van der Waals surface area contributed by atoms with Crippen LogP contribution in [0.4, 0.5) is 10.1 Å². The molecule has 2 nitrogen and oxygen atoms in total. The Morgan fingerprint density at radius 1 is 1.05 bits per heavy atom. The molecule has 0 saturated carbocycles. The first kappa shape index (κ1) is 13.6. The normalized spacial score (nSPS) is 10.9. The molecule has 0 aliphatic heterocycles. The lowest BCUT2D eigenvalue weighted by Gasteiger charge is -2.17. The summed E-state index contributed by atoms with van der Waals surface area (Å²) in [5.74, 6) is -0.279. The number of anilines is 1. The minimum atomic E-state index is -0.279. The van der Waals surface area contributed by atoms with Crippen molar-refractivity contribution in [1.29, 1.82) is 0 Å². The van der Waals surface area contributed by atoms with Gasteiger partial charge in [0.1, 0.15) is 5.82 Å². The van der Waals surface area contributed by atoms with E-state index in [1.54, 1.807) is 0 Å². The monoisotopic (exact) mass is 258 g/mol. The van der Waals surface area contributed by atoms with E-state index in [1.165, 1.54) is 23.3 Å². The lowest BCUT2D eigenvalue weighted by molar-refractivity contribution is 0.318. The molecule has 2 aromatic carbocycles. The number of aryl methyl sites for hydroxylation is 1. The summed E-state index contributed by atoms with van der Waals surface area (Å²) < 4.78 is 13.3. The Morgan fingerprint density at radius 2 is 1.79 bits per heavy atom.